The fourth-order valence-electron chi connectivity index (χ4n) is 2.23. The highest BCUT2D eigenvalue weighted by Crippen LogP contribution is 2.13. The molecule has 1 aromatic carbocycles. The third-order valence-corrected chi connectivity index (χ3v) is 4.20. The summed E-state index contributed by atoms with van der Waals surface area (Å²) in [5, 5.41) is 13.5. The molecule has 0 saturated carbocycles. The van der Waals surface area contributed by atoms with Crippen LogP contribution in [0.4, 0.5) is 0 Å². The number of benzene rings is 1. The Balaban J connectivity index is 1.81. The van der Waals surface area contributed by atoms with Gasteiger partial charge in [-0.25, -0.2) is 0 Å². The Hall–Kier alpha value is -2.26. The van der Waals surface area contributed by atoms with E-state index in [1.165, 1.54) is 6.21 Å². The van der Waals surface area contributed by atoms with Crippen LogP contribution in [0.3, 0.4) is 0 Å². The van der Waals surface area contributed by atoms with Crippen LogP contribution in [0.2, 0.25) is 0 Å². The summed E-state index contributed by atoms with van der Waals surface area (Å²) >= 11 is 3.40. The lowest BCUT2D eigenvalue weighted by Gasteiger charge is -2.26. The number of rotatable bonds is 3. The third kappa shape index (κ3) is 3.40. The number of aromatic nitrogens is 3. The number of carbonyl (C=O) groups is 1. The minimum Gasteiger partial charge on any atom is -0.335 e. The highest BCUT2D eigenvalue weighted by molar-refractivity contribution is 9.10. The van der Waals surface area contributed by atoms with E-state index in [1.807, 2.05) is 24.3 Å². The van der Waals surface area contributed by atoms with Gasteiger partial charge < -0.3 is 10.2 Å². The Bertz CT molecular complexity index is 791. The summed E-state index contributed by atoms with van der Waals surface area (Å²) in [6, 6.07) is 7.47. The smallest absolute Gasteiger partial charge is 0.320 e. The Kier molecular flexibility index (Phi) is 4.68. The topological polar surface area (TPSA) is 95.4 Å². The Labute approximate surface area is 140 Å². The van der Waals surface area contributed by atoms with Crippen molar-refractivity contribution in [3.63, 3.8) is 0 Å². The molecular formula is C14H15BrN6O2. The molecule has 23 heavy (non-hydrogen) atoms. The molecule has 3 rings (SSSR count). The van der Waals surface area contributed by atoms with Crippen molar-refractivity contribution in [2.45, 2.75) is 0 Å². The molecule has 120 valence electrons. The predicted molar refractivity (Wildman–Crippen MR) is 88.8 cm³/mol. The number of nitrogens with zero attached hydrogens (tertiary/aromatic N) is 4. The van der Waals surface area contributed by atoms with E-state index in [9.17, 15) is 9.59 Å². The van der Waals surface area contributed by atoms with E-state index >= 15 is 0 Å². The first-order valence-electron chi connectivity index (χ1n) is 7.13. The number of H-pyrrole nitrogens is 1. The van der Waals surface area contributed by atoms with Gasteiger partial charge in [-0.2, -0.15) is 10.3 Å². The van der Waals surface area contributed by atoms with Crippen molar-refractivity contribution in [2.24, 2.45) is 5.10 Å². The van der Waals surface area contributed by atoms with Gasteiger partial charge in [-0.1, -0.05) is 34.1 Å². The van der Waals surface area contributed by atoms with Gasteiger partial charge in [0.15, 0.2) is 0 Å². The Morgan fingerprint density at radius 3 is 2.78 bits per heavy atom. The van der Waals surface area contributed by atoms with E-state index in [0.29, 0.717) is 26.2 Å². The van der Waals surface area contributed by atoms with E-state index in [-0.39, 0.29) is 11.6 Å². The van der Waals surface area contributed by atoms with Crippen LogP contribution in [0.25, 0.3) is 0 Å². The number of aromatic amines is 1. The first-order valence-corrected chi connectivity index (χ1v) is 7.92. The molecule has 2 aromatic rings. The van der Waals surface area contributed by atoms with Gasteiger partial charge in [0.05, 0.1) is 6.21 Å². The van der Waals surface area contributed by atoms with Crippen molar-refractivity contribution in [3.8, 4) is 0 Å². The third-order valence-electron chi connectivity index (χ3n) is 3.48. The van der Waals surface area contributed by atoms with Gasteiger partial charge in [0, 0.05) is 36.2 Å². The lowest BCUT2D eigenvalue weighted by Crippen LogP contribution is -2.47. The van der Waals surface area contributed by atoms with Crippen LogP contribution in [0.5, 0.6) is 0 Å². The second-order valence-electron chi connectivity index (χ2n) is 4.99. The molecule has 0 spiro atoms. The van der Waals surface area contributed by atoms with Gasteiger partial charge in [-0.15, -0.1) is 9.89 Å². The monoisotopic (exact) mass is 378 g/mol. The van der Waals surface area contributed by atoms with Gasteiger partial charge in [0.2, 0.25) is 5.69 Å². The van der Waals surface area contributed by atoms with Crippen LogP contribution in [-0.4, -0.2) is 58.3 Å². The number of nitrogens with one attached hydrogen (secondary N) is 2. The maximum absolute atomic E-state index is 12.3. The van der Waals surface area contributed by atoms with E-state index in [0.717, 1.165) is 14.8 Å². The number of hydrogen-bond donors (Lipinski definition) is 2. The molecule has 1 aromatic heterocycles. The lowest BCUT2D eigenvalue weighted by atomic mass is 10.2. The van der Waals surface area contributed by atoms with E-state index in [2.05, 4.69) is 36.7 Å². The Morgan fingerprint density at radius 1 is 1.30 bits per heavy atom. The van der Waals surface area contributed by atoms with Crippen molar-refractivity contribution >= 4 is 28.1 Å². The zero-order valence-electron chi connectivity index (χ0n) is 12.2. The highest BCUT2D eigenvalue weighted by atomic mass is 79.9. The number of halogens is 1. The summed E-state index contributed by atoms with van der Waals surface area (Å²) in [4.78, 5) is 27.1. The number of amides is 1. The van der Waals surface area contributed by atoms with Gasteiger partial charge in [-0.3, -0.25) is 9.59 Å². The summed E-state index contributed by atoms with van der Waals surface area (Å²) in [5.41, 5.74) is 0.108. The maximum atomic E-state index is 12.3. The summed E-state index contributed by atoms with van der Waals surface area (Å²) in [6.07, 6.45) is 1.52. The zero-order chi connectivity index (χ0) is 16.2. The SMILES string of the molecule is O=C(c1n[nH]n(N=Cc2ccccc2Br)c1=O)N1CCNCC1. The van der Waals surface area contributed by atoms with Crippen LogP contribution in [0, 0.1) is 0 Å². The molecule has 9 heteroatoms. The summed E-state index contributed by atoms with van der Waals surface area (Å²) in [7, 11) is 0. The molecule has 0 radical (unpaired) electrons. The Morgan fingerprint density at radius 2 is 2.04 bits per heavy atom. The largest absolute Gasteiger partial charge is 0.335 e. The molecule has 0 aliphatic carbocycles. The molecule has 2 heterocycles. The summed E-state index contributed by atoms with van der Waals surface area (Å²) in [5.74, 6) is -0.373. The van der Waals surface area contributed by atoms with Crippen molar-refractivity contribution in [1.29, 1.82) is 0 Å². The van der Waals surface area contributed by atoms with Crippen molar-refractivity contribution in [2.75, 3.05) is 26.2 Å². The van der Waals surface area contributed by atoms with Crippen LogP contribution in [0.1, 0.15) is 16.1 Å². The molecule has 1 aliphatic heterocycles. The number of piperazine rings is 1. The molecular weight excluding hydrogens is 364 g/mol. The summed E-state index contributed by atoms with van der Waals surface area (Å²) in [6.45, 7) is 2.55. The lowest BCUT2D eigenvalue weighted by molar-refractivity contribution is 0.0728. The first-order chi connectivity index (χ1) is 11.2. The molecule has 0 atom stereocenters. The van der Waals surface area contributed by atoms with E-state index in [1.54, 1.807) is 4.90 Å². The van der Waals surface area contributed by atoms with Gasteiger partial charge in [0.25, 0.3) is 5.91 Å². The summed E-state index contributed by atoms with van der Waals surface area (Å²) < 4.78 is 0.855. The molecule has 2 N–H and O–H groups in total. The zero-order valence-corrected chi connectivity index (χ0v) is 13.8. The second kappa shape index (κ2) is 6.88. The average molecular weight is 379 g/mol. The average Bonchev–Trinajstić information content (AvgIpc) is 2.95. The van der Waals surface area contributed by atoms with Gasteiger partial charge >= 0.3 is 5.56 Å². The molecule has 1 aliphatic rings. The van der Waals surface area contributed by atoms with Crippen LogP contribution in [0.15, 0.2) is 38.6 Å². The van der Waals surface area contributed by atoms with Crippen LogP contribution >= 0.6 is 15.9 Å². The van der Waals surface area contributed by atoms with Crippen LogP contribution < -0.4 is 10.9 Å². The van der Waals surface area contributed by atoms with E-state index in [4.69, 9.17) is 0 Å². The minimum absolute atomic E-state index is 0.142. The fourth-order valence-corrected chi connectivity index (χ4v) is 2.61. The first kappa shape index (κ1) is 15.6. The molecule has 1 fully saturated rings. The highest BCUT2D eigenvalue weighted by Gasteiger charge is 2.24. The molecule has 1 saturated heterocycles. The standard InChI is InChI=1S/C14H15BrN6O2/c15-11-4-2-1-3-10(11)9-17-21-14(23)12(18-19-21)13(22)20-7-5-16-6-8-20/h1-4,9,16,19H,5-8H2. The number of hydrogen-bond acceptors (Lipinski definition) is 5. The molecule has 1 amide bonds. The van der Waals surface area contributed by atoms with Crippen molar-refractivity contribution in [3.05, 3.63) is 50.3 Å². The predicted octanol–water partition coefficient (Wildman–Crippen LogP) is 0.261. The molecule has 0 unspecified atom stereocenters. The number of carbonyl (C=O) groups excluding carboxylic acids is 1. The van der Waals surface area contributed by atoms with Crippen molar-refractivity contribution < 1.29 is 4.79 Å². The fraction of sp³-hybridized carbons (Fsp3) is 0.286. The van der Waals surface area contributed by atoms with Crippen molar-refractivity contribution in [1.82, 2.24) is 25.3 Å². The molecule has 0 bridgehead atoms. The van der Waals surface area contributed by atoms with Crippen LogP contribution in [-0.2, 0) is 0 Å². The van der Waals surface area contributed by atoms with E-state index < -0.39 is 5.56 Å². The maximum Gasteiger partial charge on any atom is 0.320 e. The van der Waals surface area contributed by atoms with Gasteiger partial charge in [-0.05, 0) is 6.07 Å². The molecule has 8 nitrogen and oxygen atoms in total. The normalized spacial score (nSPS) is 15.3. The van der Waals surface area contributed by atoms with Gasteiger partial charge in [0.1, 0.15) is 0 Å². The minimum atomic E-state index is -0.558. The second-order valence-corrected chi connectivity index (χ2v) is 5.84. The quantitative estimate of drug-likeness (QED) is 0.748.